The lowest BCUT2D eigenvalue weighted by Gasteiger charge is -1.81. The Hall–Kier alpha value is -0.930. The number of hydrogen-bond donors (Lipinski definition) is 1. The van der Waals surface area contributed by atoms with Crippen molar-refractivity contribution in [1.82, 2.24) is 0 Å². The molecule has 1 N–H and O–H groups in total. The van der Waals surface area contributed by atoms with Crippen LogP contribution in [-0.4, -0.2) is 11.1 Å². The van der Waals surface area contributed by atoms with Crippen LogP contribution in [0, 0.1) is 0 Å². The second-order valence-corrected chi connectivity index (χ2v) is 3.07. The molecule has 0 unspecified atom stereocenters. The van der Waals surface area contributed by atoms with E-state index in [-0.39, 0.29) is 0 Å². The quantitative estimate of drug-likeness (QED) is 0.742. The molecule has 0 radical (unpaired) electrons. The molecule has 0 aliphatic heterocycles. The van der Waals surface area contributed by atoms with E-state index in [0.717, 1.165) is 6.92 Å². The van der Waals surface area contributed by atoms with E-state index in [0.29, 0.717) is 21.2 Å². The number of carboxylic acids is 1. The zero-order chi connectivity index (χ0) is 10.0. The van der Waals surface area contributed by atoms with Crippen LogP contribution in [0.2, 0.25) is 10.0 Å². The van der Waals surface area contributed by atoms with E-state index in [1.807, 2.05) is 0 Å². The molecule has 70 valence electrons. The van der Waals surface area contributed by atoms with Crippen molar-refractivity contribution in [2.45, 2.75) is 6.92 Å². The first-order chi connectivity index (χ1) is 6.02. The maximum atomic E-state index is 9.00. The van der Waals surface area contributed by atoms with Gasteiger partial charge in [-0.25, -0.2) is 0 Å². The SMILES string of the molecule is CC(=O)O.Clc1c(Cl)c2ccc1o2. The van der Waals surface area contributed by atoms with Crippen LogP contribution in [0.1, 0.15) is 6.92 Å². The van der Waals surface area contributed by atoms with Crippen LogP contribution in [-0.2, 0) is 4.79 Å². The third kappa shape index (κ3) is 2.26. The minimum atomic E-state index is -0.833. The maximum absolute atomic E-state index is 9.00. The first-order valence-corrected chi connectivity index (χ1v) is 4.13. The lowest BCUT2D eigenvalue weighted by Crippen LogP contribution is -1.78. The van der Waals surface area contributed by atoms with E-state index in [9.17, 15) is 0 Å². The van der Waals surface area contributed by atoms with Gasteiger partial charge in [0.1, 0.15) is 21.2 Å². The van der Waals surface area contributed by atoms with Crippen molar-refractivity contribution in [3.63, 3.8) is 0 Å². The smallest absolute Gasteiger partial charge is 0.300 e. The van der Waals surface area contributed by atoms with Crippen molar-refractivity contribution in [2.75, 3.05) is 0 Å². The average Bonchev–Trinajstić information content (AvgIpc) is 2.55. The summed E-state index contributed by atoms with van der Waals surface area (Å²) < 4.78 is 5.08. The van der Waals surface area contributed by atoms with E-state index >= 15 is 0 Å². The lowest BCUT2D eigenvalue weighted by atomic mass is 10.4. The summed E-state index contributed by atoms with van der Waals surface area (Å²) >= 11 is 11.3. The van der Waals surface area contributed by atoms with Crippen LogP contribution in [0.3, 0.4) is 0 Å². The van der Waals surface area contributed by atoms with Crippen LogP contribution in [0.5, 0.6) is 0 Å². The molecule has 0 aliphatic rings. The highest BCUT2D eigenvalue weighted by Gasteiger charge is 2.11. The molecule has 0 atom stereocenters. The minimum absolute atomic E-state index is 0.522. The summed E-state index contributed by atoms with van der Waals surface area (Å²) in [5, 5.41) is 8.46. The maximum Gasteiger partial charge on any atom is 0.300 e. The van der Waals surface area contributed by atoms with Crippen LogP contribution >= 0.6 is 23.2 Å². The number of benzene rings is 1. The molecule has 0 fully saturated rings. The van der Waals surface area contributed by atoms with Crippen LogP contribution < -0.4 is 0 Å². The summed E-state index contributed by atoms with van der Waals surface area (Å²) in [7, 11) is 0. The molecule has 5 heteroatoms. The first-order valence-electron chi connectivity index (χ1n) is 3.37. The van der Waals surface area contributed by atoms with Crippen molar-refractivity contribution >= 4 is 40.3 Å². The first kappa shape index (κ1) is 10.2. The van der Waals surface area contributed by atoms with Gasteiger partial charge in [-0.3, -0.25) is 4.79 Å². The largest absolute Gasteiger partial charge is 0.481 e. The summed E-state index contributed by atoms with van der Waals surface area (Å²) in [6.07, 6.45) is 0. The van der Waals surface area contributed by atoms with Crippen molar-refractivity contribution in [2.24, 2.45) is 0 Å². The highest BCUT2D eigenvalue weighted by atomic mass is 35.5. The van der Waals surface area contributed by atoms with Gasteiger partial charge in [-0.1, -0.05) is 23.2 Å². The van der Waals surface area contributed by atoms with Gasteiger partial charge in [0, 0.05) is 6.92 Å². The van der Waals surface area contributed by atoms with Crippen molar-refractivity contribution < 1.29 is 14.3 Å². The third-order valence-corrected chi connectivity index (χ3v) is 2.08. The second kappa shape index (κ2) is 3.85. The predicted octanol–water partition coefficient (Wildman–Crippen LogP) is 3.27. The monoisotopic (exact) mass is 220 g/mol. The summed E-state index contributed by atoms with van der Waals surface area (Å²) in [5.74, 6) is -0.833. The van der Waals surface area contributed by atoms with Crippen molar-refractivity contribution in [3.05, 3.63) is 22.2 Å². The van der Waals surface area contributed by atoms with Gasteiger partial charge in [-0.2, -0.15) is 0 Å². The van der Waals surface area contributed by atoms with Gasteiger partial charge in [0.15, 0.2) is 0 Å². The zero-order valence-electron chi connectivity index (χ0n) is 6.67. The Labute approximate surface area is 84.2 Å². The minimum Gasteiger partial charge on any atom is -0.481 e. The van der Waals surface area contributed by atoms with Crippen molar-refractivity contribution in [1.29, 1.82) is 0 Å². The molecule has 0 saturated heterocycles. The van der Waals surface area contributed by atoms with E-state index in [1.54, 1.807) is 12.1 Å². The fourth-order valence-corrected chi connectivity index (χ4v) is 1.18. The Balaban J connectivity index is 0.000000184. The van der Waals surface area contributed by atoms with Crippen LogP contribution in [0.25, 0.3) is 11.2 Å². The van der Waals surface area contributed by atoms with E-state index in [1.165, 1.54) is 0 Å². The zero-order valence-corrected chi connectivity index (χ0v) is 8.19. The van der Waals surface area contributed by atoms with Gasteiger partial charge in [0.2, 0.25) is 0 Å². The highest BCUT2D eigenvalue weighted by molar-refractivity contribution is 6.46. The van der Waals surface area contributed by atoms with Gasteiger partial charge in [-0.15, -0.1) is 0 Å². The topological polar surface area (TPSA) is 50.4 Å². The molecule has 0 spiro atoms. The second-order valence-electron chi connectivity index (χ2n) is 2.31. The molecule has 13 heavy (non-hydrogen) atoms. The average molecular weight is 221 g/mol. The number of carboxylic acid groups (broad SMARTS) is 1. The molecular weight excluding hydrogens is 215 g/mol. The Bertz CT molecular complexity index is 373. The van der Waals surface area contributed by atoms with Gasteiger partial charge in [0.25, 0.3) is 5.97 Å². The standard InChI is InChI=1S/C6H2Cl2O.C2H4O2/c7-5-3-1-2-4(9-3)6(5)8;1-2(3)4/h1-2H;1H3,(H,3,4). The van der Waals surface area contributed by atoms with Crippen molar-refractivity contribution in [3.8, 4) is 0 Å². The fourth-order valence-electron chi connectivity index (χ4n) is 0.790. The van der Waals surface area contributed by atoms with Gasteiger partial charge in [0.05, 0.1) is 0 Å². The number of carbonyl (C=O) groups is 1. The molecular formula is C8H6Cl2O3. The molecule has 2 rings (SSSR count). The summed E-state index contributed by atoms with van der Waals surface area (Å²) in [4.78, 5) is 9.00. The molecule has 2 heterocycles. The molecule has 2 aromatic rings. The molecule has 3 nitrogen and oxygen atoms in total. The summed E-state index contributed by atoms with van der Waals surface area (Å²) in [6.45, 7) is 1.08. The van der Waals surface area contributed by atoms with E-state index in [4.69, 9.17) is 37.5 Å². The Morgan fingerprint density at radius 1 is 1.31 bits per heavy atom. The van der Waals surface area contributed by atoms with Gasteiger partial charge >= 0.3 is 0 Å². The molecule has 0 saturated carbocycles. The summed E-state index contributed by atoms with van der Waals surface area (Å²) in [6, 6.07) is 3.59. The molecule has 2 aromatic heterocycles. The molecule has 0 aliphatic carbocycles. The molecule has 0 amide bonds. The van der Waals surface area contributed by atoms with E-state index < -0.39 is 5.97 Å². The van der Waals surface area contributed by atoms with Gasteiger partial charge in [-0.05, 0) is 12.1 Å². The highest BCUT2D eigenvalue weighted by Crippen LogP contribution is 2.36. The van der Waals surface area contributed by atoms with Crippen LogP contribution in [0.15, 0.2) is 16.5 Å². The fraction of sp³-hybridized carbons (Fsp3) is 0.125. The van der Waals surface area contributed by atoms with Gasteiger partial charge < -0.3 is 9.52 Å². The normalized spacial score (nSPS) is 9.77. The Kier molecular flexibility index (Phi) is 3.01. The number of hydrogen-bond acceptors (Lipinski definition) is 2. The molecule has 2 bridgehead atoms. The van der Waals surface area contributed by atoms with Crippen LogP contribution in [0.4, 0.5) is 0 Å². The number of fused-ring (bicyclic) bond motifs is 2. The molecule has 0 aromatic carbocycles. The Morgan fingerprint density at radius 3 is 1.77 bits per heavy atom. The predicted molar refractivity (Wildman–Crippen MR) is 50.7 cm³/mol. The number of furan rings is 2. The lowest BCUT2D eigenvalue weighted by molar-refractivity contribution is -0.134. The third-order valence-electron chi connectivity index (χ3n) is 1.23. The van der Waals surface area contributed by atoms with E-state index in [2.05, 4.69) is 0 Å². The summed E-state index contributed by atoms with van der Waals surface area (Å²) in [5.41, 5.74) is 1.33. The Morgan fingerprint density at radius 2 is 1.62 bits per heavy atom. The number of rotatable bonds is 0. The number of halogens is 2. The number of aliphatic carboxylic acids is 1.